The number of ether oxygens (including phenoxy) is 2. The van der Waals surface area contributed by atoms with Crippen LogP contribution in [0.5, 0.6) is 0 Å². The molecule has 0 saturated carbocycles. The summed E-state index contributed by atoms with van der Waals surface area (Å²) in [5.74, 6) is -0.224. The van der Waals surface area contributed by atoms with Gasteiger partial charge in [0.05, 0.1) is 6.54 Å². The summed E-state index contributed by atoms with van der Waals surface area (Å²) in [6, 6.07) is 14.9. The highest BCUT2D eigenvalue weighted by Crippen LogP contribution is 2.25. The third-order valence-corrected chi connectivity index (χ3v) is 4.43. The highest BCUT2D eigenvalue weighted by molar-refractivity contribution is 7.97. The SMILES string of the molecule is COC(CN(Cc1ccc(F)cc1)Sc1ccc(C)cc1)OC. The first-order chi connectivity index (χ1) is 11.1. The van der Waals surface area contributed by atoms with E-state index >= 15 is 0 Å². The Balaban J connectivity index is 2.09. The van der Waals surface area contributed by atoms with Gasteiger partial charge in [-0.2, -0.15) is 0 Å². The summed E-state index contributed by atoms with van der Waals surface area (Å²) in [6.07, 6.45) is -0.312. The van der Waals surface area contributed by atoms with Crippen molar-refractivity contribution in [1.29, 1.82) is 0 Å². The molecule has 5 heteroatoms. The Labute approximate surface area is 141 Å². The Kier molecular flexibility index (Phi) is 7.05. The van der Waals surface area contributed by atoms with Gasteiger partial charge >= 0.3 is 0 Å². The summed E-state index contributed by atoms with van der Waals surface area (Å²) < 4.78 is 25.8. The van der Waals surface area contributed by atoms with Crippen LogP contribution in [0.4, 0.5) is 4.39 Å². The maximum absolute atomic E-state index is 13.1. The molecule has 0 N–H and O–H groups in total. The molecule has 0 atom stereocenters. The van der Waals surface area contributed by atoms with Crippen molar-refractivity contribution in [2.45, 2.75) is 24.7 Å². The maximum atomic E-state index is 13.1. The normalized spacial score (nSPS) is 11.4. The number of hydrogen-bond acceptors (Lipinski definition) is 4. The monoisotopic (exact) mass is 335 g/mol. The molecule has 0 saturated heterocycles. The van der Waals surface area contributed by atoms with Crippen molar-refractivity contribution in [1.82, 2.24) is 4.31 Å². The van der Waals surface area contributed by atoms with Crippen LogP contribution >= 0.6 is 11.9 Å². The topological polar surface area (TPSA) is 21.7 Å². The molecule has 0 spiro atoms. The van der Waals surface area contributed by atoms with Crippen molar-refractivity contribution in [2.75, 3.05) is 20.8 Å². The van der Waals surface area contributed by atoms with Crippen LogP contribution in [0, 0.1) is 12.7 Å². The van der Waals surface area contributed by atoms with Gasteiger partial charge in [0.1, 0.15) is 5.82 Å². The van der Waals surface area contributed by atoms with Gasteiger partial charge in [0.15, 0.2) is 6.29 Å². The average molecular weight is 335 g/mol. The van der Waals surface area contributed by atoms with E-state index in [2.05, 4.69) is 35.5 Å². The summed E-state index contributed by atoms with van der Waals surface area (Å²) in [5, 5.41) is 0. The maximum Gasteiger partial charge on any atom is 0.170 e. The number of hydrogen-bond donors (Lipinski definition) is 0. The van der Waals surface area contributed by atoms with E-state index in [0.717, 1.165) is 10.5 Å². The lowest BCUT2D eigenvalue weighted by Gasteiger charge is -2.25. The molecule has 0 aliphatic rings. The van der Waals surface area contributed by atoms with Crippen LogP contribution in [0.1, 0.15) is 11.1 Å². The molecule has 0 unspecified atom stereocenters. The Morgan fingerprint density at radius 2 is 1.61 bits per heavy atom. The fraction of sp³-hybridized carbons (Fsp3) is 0.333. The molecule has 0 aliphatic carbocycles. The van der Waals surface area contributed by atoms with E-state index in [-0.39, 0.29) is 12.1 Å². The van der Waals surface area contributed by atoms with Crippen molar-refractivity contribution in [3.05, 3.63) is 65.5 Å². The zero-order valence-electron chi connectivity index (χ0n) is 13.7. The van der Waals surface area contributed by atoms with E-state index in [9.17, 15) is 4.39 Å². The highest BCUT2D eigenvalue weighted by Gasteiger charge is 2.15. The summed E-state index contributed by atoms with van der Waals surface area (Å²) in [4.78, 5) is 1.14. The van der Waals surface area contributed by atoms with Gasteiger partial charge in [-0.05, 0) is 48.7 Å². The van der Waals surface area contributed by atoms with Crippen molar-refractivity contribution < 1.29 is 13.9 Å². The minimum Gasteiger partial charge on any atom is -0.355 e. The third-order valence-electron chi connectivity index (χ3n) is 3.41. The second kappa shape index (κ2) is 9.03. The fourth-order valence-corrected chi connectivity index (χ4v) is 3.05. The van der Waals surface area contributed by atoms with Crippen molar-refractivity contribution in [3.63, 3.8) is 0 Å². The molecule has 0 amide bonds. The summed E-state index contributed by atoms with van der Waals surface area (Å²) in [5.41, 5.74) is 2.27. The molecule has 3 nitrogen and oxygen atoms in total. The largest absolute Gasteiger partial charge is 0.355 e. The Bertz CT molecular complexity index is 537. The molecule has 0 aliphatic heterocycles. The molecule has 2 aromatic rings. The summed E-state index contributed by atoms with van der Waals surface area (Å²) in [6.45, 7) is 3.33. The van der Waals surface area contributed by atoms with E-state index in [0.29, 0.717) is 13.1 Å². The first-order valence-electron chi connectivity index (χ1n) is 7.40. The van der Waals surface area contributed by atoms with Gasteiger partial charge in [0.2, 0.25) is 0 Å². The fourth-order valence-electron chi connectivity index (χ4n) is 2.09. The van der Waals surface area contributed by atoms with Gasteiger partial charge in [-0.15, -0.1) is 0 Å². The van der Waals surface area contributed by atoms with Crippen LogP contribution in [0.25, 0.3) is 0 Å². The minimum atomic E-state index is -0.312. The second-order valence-electron chi connectivity index (χ2n) is 5.25. The standard InChI is InChI=1S/C18H22FNO2S/c1-14-4-10-17(11-5-14)23-20(13-18(21-2)22-3)12-15-6-8-16(19)9-7-15/h4-11,18H,12-13H2,1-3H3. The number of benzene rings is 2. The number of aryl methyl sites for hydroxylation is 1. The third kappa shape index (κ3) is 5.95. The van der Waals surface area contributed by atoms with Crippen LogP contribution in [0.3, 0.4) is 0 Å². The van der Waals surface area contributed by atoms with Crippen LogP contribution in [0.15, 0.2) is 53.4 Å². The summed E-state index contributed by atoms with van der Waals surface area (Å²) in [7, 11) is 3.25. The van der Waals surface area contributed by atoms with E-state index < -0.39 is 0 Å². The highest BCUT2D eigenvalue weighted by atomic mass is 32.2. The van der Waals surface area contributed by atoms with Gasteiger partial charge in [0, 0.05) is 25.7 Å². The van der Waals surface area contributed by atoms with Gasteiger partial charge in [0.25, 0.3) is 0 Å². The van der Waals surface area contributed by atoms with E-state index in [4.69, 9.17) is 9.47 Å². The Hall–Kier alpha value is -1.40. The Morgan fingerprint density at radius 3 is 2.17 bits per heavy atom. The molecule has 0 radical (unpaired) electrons. The number of nitrogens with zero attached hydrogens (tertiary/aromatic N) is 1. The first kappa shape index (κ1) is 17.9. The number of rotatable bonds is 8. The molecule has 124 valence electrons. The van der Waals surface area contributed by atoms with Crippen LogP contribution in [-0.4, -0.2) is 31.4 Å². The Morgan fingerprint density at radius 1 is 1.00 bits per heavy atom. The molecular formula is C18H22FNO2S. The van der Waals surface area contributed by atoms with E-state index in [1.54, 1.807) is 38.3 Å². The summed E-state index contributed by atoms with van der Waals surface area (Å²) >= 11 is 1.64. The van der Waals surface area contributed by atoms with E-state index in [1.807, 2.05) is 0 Å². The van der Waals surface area contributed by atoms with Crippen LogP contribution in [-0.2, 0) is 16.0 Å². The zero-order chi connectivity index (χ0) is 16.7. The molecule has 0 bridgehead atoms. The lowest BCUT2D eigenvalue weighted by atomic mass is 10.2. The van der Waals surface area contributed by atoms with Crippen molar-refractivity contribution in [2.24, 2.45) is 0 Å². The number of halogens is 1. The molecule has 23 heavy (non-hydrogen) atoms. The number of methoxy groups -OCH3 is 2. The van der Waals surface area contributed by atoms with Crippen molar-refractivity contribution >= 4 is 11.9 Å². The minimum absolute atomic E-state index is 0.224. The van der Waals surface area contributed by atoms with Crippen LogP contribution < -0.4 is 0 Å². The quantitative estimate of drug-likeness (QED) is 0.531. The second-order valence-corrected chi connectivity index (χ2v) is 6.42. The first-order valence-corrected chi connectivity index (χ1v) is 8.17. The lowest BCUT2D eigenvalue weighted by Crippen LogP contribution is -2.29. The predicted molar refractivity (Wildman–Crippen MR) is 91.7 cm³/mol. The van der Waals surface area contributed by atoms with Crippen LogP contribution in [0.2, 0.25) is 0 Å². The zero-order valence-corrected chi connectivity index (χ0v) is 14.5. The smallest absolute Gasteiger partial charge is 0.170 e. The molecule has 0 heterocycles. The predicted octanol–water partition coefficient (Wildman–Crippen LogP) is 4.26. The molecule has 0 aromatic heterocycles. The molecule has 2 rings (SSSR count). The molecule has 2 aromatic carbocycles. The van der Waals surface area contributed by atoms with Gasteiger partial charge in [-0.3, -0.25) is 0 Å². The molecular weight excluding hydrogens is 313 g/mol. The van der Waals surface area contributed by atoms with E-state index in [1.165, 1.54) is 17.7 Å². The van der Waals surface area contributed by atoms with Gasteiger partial charge in [-0.25, -0.2) is 8.70 Å². The van der Waals surface area contributed by atoms with Gasteiger partial charge in [-0.1, -0.05) is 29.8 Å². The van der Waals surface area contributed by atoms with Gasteiger partial charge < -0.3 is 9.47 Å². The average Bonchev–Trinajstić information content (AvgIpc) is 2.56. The lowest BCUT2D eigenvalue weighted by molar-refractivity contribution is -0.107. The molecule has 0 fully saturated rings. The van der Waals surface area contributed by atoms with Crippen molar-refractivity contribution in [3.8, 4) is 0 Å².